The lowest BCUT2D eigenvalue weighted by Crippen LogP contribution is -2.18. The molecule has 94 valence electrons. The number of rotatable bonds is 1. The van der Waals surface area contributed by atoms with Crippen molar-refractivity contribution >= 4 is 5.78 Å². The highest BCUT2D eigenvalue weighted by Crippen LogP contribution is 2.29. The SMILES string of the molecule is CC(C)[C@H]1CC[C@H](C)CCC(=O)[C@H](C)CC1. The summed E-state index contributed by atoms with van der Waals surface area (Å²) < 4.78 is 0. The average Bonchev–Trinajstić information content (AvgIpc) is 2.23. The fraction of sp³-hybridized carbons (Fsp3) is 0.933. The van der Waals surface area contributed by atoms with Gasteiger partial charge in [0.05, 0.1) is 0 Å². The molecule has 1 fully saturated rings. The van der Waals surface area contributed by atoms with Gasteiger partial charge in [0.15, 0.2) is 0 Å². The molecule has 3 atom stereocenters. The monoisotopic (exact) mass is 224 g/mol. The van der Waals surface area contributed by atoms with Crippen LogP contribution < -0.4 is 0 Å². The predicted molar refractivity (Wildman–Crippen MR) is 69.4 cm³/mol. The molecule has 16 heavy (non-hydrogen) atoms. The van der Waals surface area contributed by atoms with Gasteiger partial charge in [0, 0.05) is 12.3 Å². The molecule has 0 aliphatic heterocycles. The third kappa shape index (κ3) is 4.27. The Hall–Kier alpha value is -0.330. The molecule has 0 spiro atoms. The minimum absolute atomic E-state index is 0.298. The molecule has 1 aliphatic rings. The lowest BCUT2D eigenvalue weighted by atomic mass is 9.80. The zero-order valence-corrected chi connectivity index (χ0v) is 11.5. The fourth-order valence-electron chi connectivity index (χ4n) is 2.71. The number of hydrogen-bond acceptors (Lipinski definition) is 1. The smallest absolute Gasteiger partial charge is 0.135 e. The summed E-state index contributed by atoms with van der Waals surface area (Å²) in [5, 5.41) is 0. The fourth-order valence-corrected chi connectivity index (χ4v) is 2.71. The topological polar surface area (TPSA) is 17.1 Å². The van der Waals surface area contributed by atoms with Crippen LogP contribution in [0, 0.1) is 23.7 Å². The third-order valence-electron chi connectivity index (χ3n) is 4.38. The highest BCUT2D eigenvalue weighted by atomic mass is 16.1. The standard InChI is InChI=1S/C15H28O/c1-11(2)14-8-5-12(3)6-10-15(16)13(4)7-9-14/h11-14H,5-10H2,1-4H3/t12-,13+,14-/m0/s1. The minimum atomic E-state index is 0.298. The van der Waals surface area contributed by atoms with Gasteiger partial charge < -0.3 is 0 Å². The molecule has 0 amide bonds. The molecule has 0 heterocycles. The number of hydrogen-bond donors (Lipinski definition) is 0. The van der Waals surface area contributed by atoms with Gasteiger partial charge in [-0.2, -0.15) is 0 Å². The predicted octanol–water partition coefficient (Wildman–Crippen LogP) is 4.45. The Balaban J connectivity index is 2.58. The van der Waals surface area contributed by atoms with Gasteiger partial charge in [-0.25, -0.2) is 0 Å². The minimum Gasteiger partial charge on any atom is -0.299 e. The van der Waals surface area contributed by atoms with E-state index in [1.807, 2.05) is 0 Å². The second-order valence-electron chi connectivity index (χ2n) is 6.17. The molecular weight excluding hydrogens is 196 g/mol. The molecule has 0 aromatic rings. The Morgan fingerprint density at radius 3 is 2.25 bits per heavy atom. The molecular formula is C15H28O. The summed E-state index contributed by atoms with van der Waals surface area (Å²) in [6.07, 6.45) is 6.94. The zero-order valence-electron chi connectivity index (χ0n) is 11.5. The maximum absolute atomic E-state index is 11.9. The van der Waals surface area contributed by atoms with Crippen LogP contribution in [0.5, 0.6) is 0 Å². The maximum atomic E-state index is 11.9. The average molecular weight is 224 g/mol. The van der Waals surface area contributed by atoms with E-state index in [2.05, 4.69) is 27.7 Å². The van der Waals surface area contributed by atoms with Crippen molar-refractivity contribution < 1.29 is 4.79 Å². The van der Waals surface area contributed by atoms with Crippen molar-refractivity contribution in [1.29, 1.82) is 0 Å². The van der Waals surface area contributed by atoms with E-state index in [-0.39, 0.29) is 0 Å². The summed E-state index contributed by atoms with van der Waals surface area (Å²) in [5.74, 6) is 3.13. The summed E-state index contributed by atoms with van der Waals surface area (Å²) in [6, 6.07) is 0. The highest BCUT2D eigenvalue weighted by molar-refractivity contribution is 5.80. The van der Waals surface area contributed by atoms with Crippen LogP contribution in [0.4, 0.5) is 0 Å². The second kappa shape index (κ2) is 6.42. The molecule has 1 heteroatoms. The quantitative estimate of drug-likeness (QED) is 0.643. The van der Waals surface area contributed by atoms with E-state index in [9.17, 15) is 4.79 Å². The maximum Gasteiger partial charge on any atom is 0.135 e. The van der Waals surface area contributed by atoms with Gasteiger partial charge in [0.2, 0.25) is 0 Å². The van der Waals surface area contributed by atoms with Crippen molar-refractivity contribution in [1.82, 2.24) is 0 Å². The van der Waals surface area contributed by atoms with E-state index in [4.69, 9.17) is 0 Å². The van der Waals surface area contributed by atoms with Gasteiger partial charge in [-0.3, -0.25) is 4.79 Å². The molecule has 1 saturated carbocycles. The summed E-state index contributed by atoms with van der Waals surface area (Å²) in [4.78, 5) is 11.9. The summed E-state index contributed by atoms with van der Waals surface area (Å²) in [5.41, 5.74) is 0. The van der Waals surface area contributed by atoms with Crippen molar-refractivity contribution in [2.75, 3.05) is 0 Å². The first-order valence-corrected chi connectivity index (χ1v) is 7.03. The number of ketones is 1. The van der Waals surface area contributed by atoms with Gasteiger partial charge in [0.1, 0.15) is 5.78 Å². The van der Waals surface area contributed by atoms with E-state index in [0.717, 1.165) is 37.0 Å². The molecule has 0 unspecified atom stereocenters. The Morgan fingerprint density at radius 2 is 1.62 bits per heavy atom. The van der Waals surface area contributed by atoms with Crippen molar-refractivity contribution in [2.45, 2.75) is 66.2 Å². The van der Waals surface area contributed by atoms with Crippen LogP contribution in [0.1, 0.15) is 66.2 Å². The van der Waals surface area contributed by atoms with Gasteiger partial charge >= 0.3 is 0 Å². The molecule has 1 nitrogen and oxygen atoms in total. The van der Waals surface area contributed by atoms with E-state index in [1.54, 1.807) is 0 Å². The van der Waals surface area contributed by atoms with Crippen LogP contribution in [0.2, 0.25) is 0 Å². The molecule has 0 aromatic carbocycles. The number of carbonyl (C=O) groups excluding carboxylic acids is 1. The summed E-state index contributed by atoms with van der Waals surface area (Å²) in [7, 11) is 0. The van der Waals surface area contributed by atoms with E-state index in [1.165, 1.54) is 19.3 Å². The van der Waals surface area contributed by atoms with Gasteiger partial charge in [-0.05, 0) is 43.4 Å². The molecule has 0 radical (unpaired) electrons. The molecule has 0 bridgehead atoms. The van der Waals surface area contributed by atoms with Crippen molar-refractivity contribution in [2.24, 2.45) is 23.7 Å². The Labute approximate surface area is 101 Å². The molecule has 0 aromatic heterocycles. The van der Waals surface area contributed by atoms with Crippen LogP contribution >= 0.6 is 0 Å². The van der Waals surface area contributed by atoms with Crippen LogP contribution in [0.3, 0.4) is 0 Å². The molecule has 1 aliphatic carbocycles. The van der Waals surface area contributed by atoms with Crippen LogP contribution in [0.15, 0.2) is 0 Å². The number of carbonyl (C=O) groups is 1. The normalized spacial score (nSPS) is 34.1. The van der Waals surface area contributed by atoms with Gasteiger partial charge in [0.25, 0.3) is 0 Å². The Kier molecular flexibility index (Phi) is 5.51. The summed E-state index contributed by atoms with van der Waals surface area (Å²) in [6.45, 7) is 9.07. The lowest BCUT2D eigenvalue weighted by Gasteiger charge is -2.25. The Morgan fingerprint density at radius 1 is 1.00 bits per heavy atom. The van der Waals surface area contributed by atoms with Crippen LogP contribution in [-0.2, 0) is 4.79 Å². The third-order valence-corrected chi connectivity index (χ3v) is 4.38. The van der Waals surface area contributed by atoms with E-state index in [0.29, 0.717) is 11.7 Å². The van der Waals surface area contributed by atoms with Crippen LogP contribution in [0.25, 0.3) is 0 Å². The Bertz CT molecular complexity index is 219. The van der Waals surface area contributed by atoms with Crippen molar-refractivity contribution in [3.05, 3.63) is 0 Å². The number of Topliss-reactive ketones (excluding diaryl/α,β-unsaturated/α-hetero) is 1. The van der Waals surface area contributed by atoms with Gasteiger partial charge in [-0.15, -0.1) is 0 Å². The first-order valence-electron chi connectivity index (χ1n) is 7.03. The van der Waals surface area contributed by atoms with Gasteiger partial charge in [-0.1, -0.05) is 34.1 Å². The molecule has 0 saturated heterocycles. The highest BCUT2D eigenvalue weighted by Gasteiger charge is 2.21. The zero-order chi connectivity index (χ0) is 12.1. The second-order valence-corrected chi connectivity index (χ2v) is 6.17. The van der Waals surface area contributed by atoms with Crippen LogP contribution in [-0.4, -0.2) is 5.78 Å². The van der Waals surface area contributed by atoms with E-state index >= 15 is 0 Å². The van der Waals surface area contributed by atoms with E-state index < -0.39 is 0 Å². The largest absolute Gasteiger partial charge is 0.299 e. The molecule has 0 N–H and O–H groups in total. The first kappa shape index (κ1) is 13.7. The first-order chi connectivity index (χ1) is 7.50. The van der Waals surface area contributed by atoms with Crippen molar-refractivity contribution in [3.63, 3.8) is 0 Å². The lowest BCUT2D eigenvalue weighted by molar-refractivity contribution is -0.123. The summed E-state index contributed by atoms with van der Waals surface area (Å²) >= 11 is 0. The molecule has 1 rings (SSSR count). The van der Waals surface area contributed by atoms with Crippen molar-refractivity contribution in [3.8, 4) is 0 Å².